The molecule has 2 rings (SSSR count). The second-order valence-electron chi connectivity index (χ2n) is 7.75. The van der Waals surface area contributed by atoms with Crippen molar-refractivity contribution < 1.29 is 23.4 Å². The van der Waals surface area contributed by atoms with Crippen LogP contribution in [0.1, 0.15) is 26.3 Å². The number of amides is 1. The van der Waals surface area contributed by atoms with Gasteiger partial charge in [0.2, 0.25) is 0 Å². The third-order valence-corrected chi connectivity index (χ3v) is 5.09. The number of hydrogen-bond donors (Lipinski definition) is 3. The number of halogens is 2. The molecule has 0 aliphatic rings. The molecule has 32 heavy (non-hydrogen) atoms. The molecule has 3 N–H and O–H groups in total. The summed E-state index contributed by atoms with van der Waals surface area (Å²) in [6.45, 7) is 5.96. The minimum Gasteiger partial charge on any atom is -0.493 e. The van der Waals surface area contributed by atoms with E-state index >= 15 is 0 Å². The van der Waals surface area contributed by atoms with Gasteiger partial charge in [-0.2, -0.15) is 0 Å². The molecule has 7 nitrogen and oxygen atoms in total. The van der Waals surface area contributed by atoms with Crippen molar-refractivity contribution in [2.45, 2.75) is 32.9 Å². The molecule has 0 bridgehead atoms. The zero-order chi connectivity index (χ0) is 23.9. The van der Waals surface area contributed by atoms with E-state index < -0.39 is 17.5 Å². The molecule has 0 aliphatic heterocycles. The van der Waals surface area contributed by atoms with E-state index in [1.165, 1.54) is 26.4 Å². The summed E-state index contributed by atoms with van der Waals surface area (Å²) >= 11 is 8.81. The Balaban J connectivity index is 1.97. The first-order valence-electron chi connectivity index (χ1n) is 9.73. The van der Waals surface area contributed by atoms with E-state index in [4.69, 9.17) is 26.4 Å². The predicted octanol–water partition coefficient (Wildman–Crippen LogP) is 5.48. The zero-order valence-corrected chi connectivity index (χ0v) is 21.0. The molecule has 0 saturated heterocycles. The van der Waals surface area contributed by atoms with Crippen molar-refractivity contribution in [3.63, 3.8) is 0 Å². The summed E-state index contributed by atoms with van der Waals surface area (Å²) in [4.78, 5) is 12.3. The van der Waals surface area contributed by atoms with Gasteiger partial charge >= 0.3 is 6.09 Å². The summed E-state index contributed by atoms with van der Waals surface area (Å²) in [5.74, 6) is 0.174. The summed E-state index contributed by atoms with van der Waals surface area (Å²) in [5.41, 5.74) is 1.25. The van der Waals surface area contributed by atoms with E-state index in [1.54, 1.807) is 20.8 Å². The molecule has 1 amide bonds. The van der Waals surface area contributed by atoms with E-state index in [-0.39, 0.29) is 18.8 Å². The average molecular weight is 528 g/mol. The first-order valence-corrected chi connectivity index (χ1v) is 10.9. The Kier molecular flexibility index (Phi) is 9.09. The summed E-state index contributed by atoms with van der Waals surface area (Å²) in [7, 11) is 2.91. The van der Waals surface area contributed by atoms with Gasteiger partial charge in [0.15, 0.2) is 17.3 Å². The van der Waals surface area contributed by atoms with Gasteiger partial charge in [-0.3, -0.25) is 0 Å². The molecule has 0 unspecified atom stereocenters. The van der Waals surface area contributed by atoms with Crippen LogP contribution in [0.5, 0.6) is 11.5 Å². The van der Waals surface area contributed by atoms with Gasteiger partial charge < -0.3 is 30.2 Å². The molecule has 0 heterocycles. The standard InChI is InChI=1S/C22H27BrFN3O4S/c1-22(2,3)31-21(28)26-11-13-8-14(6-7-15(13)23)25-12-20(32)27-17-10-19(30-5)18(29-4)9-16(17)24/h6-10,25H,11-12H2,1-5H3,(H,26,28)(H,27,32). The Morgan fingerprint density at radius 2 is 1.78 bits per heavy atom. The molecule has 2 aromatic rings. The van der Waals surface area contributed by atoms with Crippen LogP contribution in [0.15, 0.2) is 34.8 Å². The van der Waals surface area contributed by atoms with Crippen LogP contribution in [0.4, 0.5) is 20.6 Å². The maximum atomic E-state index is 14.3. The lowest BCUT2D eigenvalue weighted by molar-refractivity contribution is 0.0523. The molecule has 0 aromatic heterocycles. The highest BCUT2D eigenvalue weighted by Gasteiger charge is 2.16. The number of ether oxygens (including phenoxy) is 3. The van der Waals surface area contributed by atoms with Crippen molar-refractivity contribution in [1.29, 1.82) is 0 Å². The Morgan fingerprint density at radius 3 is 2.41 bits per heavy atom. The number of anilines is 2. The lowest BCUT2D eigenvalue weighted by Gasteiger charge is -2.20. The predicted molar refractivity (Wildman–Crippen MR) is 131 cm³/mol. The lowest BCUT2D eigenvalue weighted by Crippen LogP contribution is -2.32. The zero-order valence-electron chi connectivity index (χ0n) is 18.6. The highest BCUT2D eigenvalue weighted by Crippen LogP contribution is 2.32. The first-order chi connectivity index (χ1) is 15.0. The summed E-state index contributed by atoms with van der Waals surface area (Å²) in [6, 6.07) is 8.32. The number of methoxy groups -OCH3 is 2. The molecule has 174 valence electrons. The van der Waals surface area contributed by atoms with Crippen LogP contribution in [0.3, 0.4) is 0 Å². The quantitative estimate of drug-likeness (QED) is 0.392. The second-order valence-corrected chi connectivity index (χ2v) is 9.10. The average Bonchev–Trinajstić information content (AvgIpc) is 2.72. The molecule has 0 fully saturated rings. The van der Waals surface area contributed by atoms with Gasteiger partial charge in [0.1, 0.15) is 5.60 Å². The molecule has 0 atom stereocenters. The highest BCUT2D eigenvalue weighted by atomic mass is 79.9. The molecule has 0 saturated carbocycles. The Bertz CT molecular complexity index is 982. The molecule has 0 spiro atoms. The van der Waals surface area contributed by atoms with Crippen LogP contribution in [0.25, 0.3) is 0 Å². The van der Waals surface area contributed by atoms with Crippen LogP contribution in [0.2, 0.25) is 0 Å². The molecular weight excluding hydrogens is 501 g/mol. The number of rotatable bonds is 8. The number of alkyl carbamates (subject to hydrolysis) is 1. The number of hydrogen-bond acceptors (Lipinski definition) is 6. The van der Waals surface area contributed by atoms with Crippen LogP contribution in [0, 0.1) is 5.82 Å². The number of carbonyl (C=O) groups excluding carboxylic acids is 1. The highest BCUT2D eigenvalue weighted by molar-refractivity contribution is 9.10. The van der Waals surface area contributed by atoms with Gasteiger partial charge in [0, 0.05) is 28.8 Å². The molecule has 2 aromatic carbocycles. The minimum absolute atomic E-state index is 0.188. The molecule has 0 radical (unpaired) electrons. The van der Waals surface area contributed by atoms with Crippen molar-refractivity contribution in [2.75, 3.05) is 31.4 Å². The maximum absolute atomic E-state index is 14.3. The topological polar surface area (TPSA) is 80.9 Å². The van der Waals surface area contributed by atoms with Crippen molar-refractivity contribution in [3.8, 4) is 11.5 Å². The fraction of sp³-hybridized carbons (Fsp3) is 0.364. The molecule has 0 aliphatic carbocycles. The largest absolute Gasteiger partial charge is 0.493 e. The minimum atomic E-state index is -0.569. The second kappa shape index (κ2) is 11.3. The Hall–Kier alpha value is -2.59. The van der Waals surface area contributed by atoms with Crippen molar-refractivity contribution in [3.05, 3.63) is 46.2 Å². The van der Waals surface area contributed by atoms with E-state index in [9.17, 15) is 9.18 Å². The van der Waals surface area contributed by atoms with Crippen LogP contribution in [-0.4, -0.2) is 37.4 Å². The third kappa shape index (κ3) is 7.83. The number of carbonyl (C=O) groups is 1. The lowest BCUT2D eigenvalue weighted by atomic mass is 10.2. The monoisotopic (exact) mass is 527 g/mol. The van der Waals surface area contributed by atoms with Gasteiger partial charge in [-0.1, -0.05) is 28.1 Å². The van der Waals surface area contributed by atoms with Crippen LogP contribution >= 0.6 is 28.1 Å². The number of benzene rings is 2. The molecular formula is C22H27BrFN3O4S. The van der Waals surface area contributed by atoms with Crippen LogP contribution in [-0.2, 0) is 11.3 Å². The summed E-state index contributed by atoms with van der Waals surface area (Å²) < 4.78 is 30.7. The first kappa shape index (κ1) is 25.7. The maximum Gasteiger partial charge on any atom is 0.407 e. The van der Waals surface area contributed by atoms with Crippen molar-refractivity contribution in [2.24, 2.45) is 0 Å². The summed E-state index contributed by atoms with van der Waals surface area (Å²) in [5, 5.41) is 8.78. The fourth-order valence-corrected chi connectivity index (χ4v) is 3.20. The van der Waals surface area contributed by atoms with Gasteiger partial charge in [-0.25, -0.2) is 9.18 Å². The SMILES string of the molecule is COc1cc(F)c(NC(=S)CNc2ccc(Br)c(CNC(=O)OC(C)(C)C)c2)cc1OC. The third-order valence-electron chi connectivity index (χ3n) is 4.07. The van der Waals surface area contributed by atoms with Crippen molar-refractivity contribution in [1.82, 2.24) is 5.32 Å². The number of nitrogens with one attached hydrogen (secondary N) is 3. The smallest absolute Gasteiger partial charge is 0.407 e. The van der Waals surface area contributed by atoms with E-state index in [0.29, 0.717) is 16.5 Å². The Labute approximate surface area is 201 Å². The molecule has 10 heteroatoms. The van der Waals surface area contributed by atoms with Crippen molar-refractivity contribution >= 4 is 50.6 Å². The van der Waals surface area contributed by atoms with E-state index in [0.717, 1.165) is 15.7 Å². The van der Waals surface area contributed by atoms with E-state index in [1.807, 2.05) is 18.2 Å². The van der Waals surface area contributed by atoms with Gasteiger partial charge in [0.25, 0.3) is 0 Å². The summed E-state index contributed by atoms with van der Waals surface area (Å²) in [6.07, 6.45) is -0.495. The fourth-order valence-electron chi connectivity index (χ4n) is 2.63. The van der Waals surface area contributed by atoms with E-state index in [2.05, 4.69) is 31.9 Å². The van der Waals surface area contributed by atoms with Gasteiger partial charge in [-0.15, -0.1) is 0 Å². The normalized spacial score (nSPS) is 10.8. The van der Waals surface area contributed by atoms with Gasteiger partial charge in [0.05, 0.1) is 31.4 Å². The van der Waals surface area contributed by atoms with Crippen LogP contribution < -0.4 is 25.4 Å². The van der Waals surface area contributed by atoms with Gasteiger partial charge in [-0.05, 0) is 44.5 Å². The number of thiocarbonyl (C=S) groups is 1. The Morgan fingerprint density at radius 1 is 1.12 bits per heavy atom.